The van der Waals surface area contributed by atoms with Crippen molar-refractivity contribution in [1.82, 2.24) is 5.32 Å². The van der Waals surface area contributed by atoms with E-state index in [1.54, 1.807) is 30.3 Å². The van der Waals surface area contributed by atoms with Crippen LogP contribution in [0.3, 0.4) is 0 Å². The monoisotopic (exact) mass is 323 g/mol. The van der Waals surface area contributed by atoms with Gasteiger partial charge in [0.2, 0.25) is 0 Å². The van der Waals surface area contributed by atoms with Crippen LogP contribution in [-0.4, -0.2) is 18.6 Å². The fourth-order valence-corrected chi connectivity index (χ4v) is 2.87. The normalized spacial score (nSPS) is 20.5. The van der Waals surface area contributed by atoms with E-state index in [4.69, 9.17) is 10.00 Å². The zero-order valence-electron chi connectivity index (χ0n) is 13.8. The Morgan fingerprint density at radius 1 is 1.29 bits per heavy atom. The van der Waals surface area contributed by atoms with Gasteiger partial charge in [0.1, 0.15) is 23.5 Å². The summed E-state index contributed by atoms with van der Waals surface area (Å²) in [4.78, 5) is 12.3. The molecule has 0 radical (unpaired) electrons. The lowest BCUT2D eigenvalue weighted by atomic mass is 9.86. The zero-order chi connectivity index (χ0) is 17.4. The molecule has 124 valence electrons. The number of amides is 1. The fraction of sp³-hybridized carbons (Fsp3) is 0.421. The number of carbonyl (C=O) groups excluding carboxylic acids is 1. The lowest BCUT2D eigenvalue weighted by Gasteiger charge is -2.29. The smallest absolute Gasteiger partial charge is 0.262 e. The van der Waals surface area contributed by atoms with E-state index in [9.17, 15) is 10.1 Å². The predicted octanol–water partition coefficient (Wildman–Crippen LogP) is 3.19. The molecule has 1 amide bonds. The van der Waals surface area contributed by atoms with Gasteiger partial charge >= 0.3 is 0 Å². The number of ether oxygens (including phenoxy) is 1. The van der Waals surface area contributed by atoms with Crippen LogP contribution in [0, 0.1) is 28.6 Å². The minimum Gasteiger partial charge on any atom is -0.479 e. The number of benzene rings is 1. The molecule has 1 aliphatic carbocycles. The summed E-state index contributed by atoms with van der Waals surface area (Å²) in [6, 6.07) is 10.9. The van der Waals surface area contributed by atoms with Gasteiger partial charge in [0.25, 0.3) is 5.91 Å². The summed E-state index contributed by atoms with van der Waals surface area (Å²) in [5.41, 5.74) is 0.834. The summed E-state index contributed by atoms with van der Waals surface area (Å²) in [6.45, 7) is 2.13. The number of hydrogen-bond donors (Lipinski definition) is 1. The molecule has 2 rings (SSSR count). The maximum atomic E-state index is 12.3. The van der Waals surface area contributed by atoms with Crippen molar-refractivity contribution in [3.63, 3.8) is 0 Å². The number of nitrogens with one attached hydrogen (secondary N) is 1. The molecule has 0 heterocycles. The summed E-state index contributed by atoms with van der Waals surface area (Å²) in [5.74, 6) is 0.702. The first-order valence-electron chi connectivity index (χ1n) is 8.16. The number of hydrogen-bond acceptors (Lipinski definition) is 4. The Bertz CT molecular complexity index is 680. The molecule has 1 saturated carbocycles. The topological polar surface area (TPSA) is 85.9 Å². The summed E-state index contributed by atoms with van der Waals surface area (Å²) in [6.07, 6.45) is 5.97. The van der Waals surface area contributed by atoms with Crippen LogP contribution in [0.4, 0.5) is 0 Å². The van der Waals surface area contributed by atoms with Crippen LogP contribution in [0.15, 0.2) is 29.8 Å². The summed E-state index contributed by atoms with van der Waals surface area (Å²) < 4.78 is 5.18. The quantitative estimate of drug-likeness (QED) is 0.666. The van der Waals surface area contributed by atoms with E-state index in [1.165, 1.54) is 6.42 Å². The lowest BCUT2D eigenvalue weighted by Crippen LogP contribution is -2.41. The Hall–Kier alpha value is -2.79. The highest BCUT2D eigenvalue weighted by Crippen LogP contribution is 2.24. The first-order chi connectivity index (χ1) is 11.6. The van der Waals surface area contributed by atoms with Gasteiger partial charge < -0.3 is 10.1 Å². The maximum absolute atomic E-state index is 12.3. The SMILES string of the molecule is C[C@H]1CCCC[C@@H]1NC(=O)/C(C#N)=C/c1ccc(OCC#N)cc1. The van der Waals surface area contributed by atoms with Crippen molar-refractivity contribution >= 4 is 12.0 Å². The average Bonchev–Trinajstić information content (AvgIpc) is 2.60. The second-order valence-electron chi connectivity index (χ2n) is 6.03. The summed E-state index contributed by atoms with van der Waals surface area (Å²) in [7, 11) is 0. The Kier molecular flexibility index (Phi) is 6.40. The van der Waals surface area contributed by atoms with Crippen molar-refractivity contribution in [2.75, 3.05) is 6.61 Å². The Morgan fingerprint density at radius 3 is 2.62 bits per heavy atom. The Morgan fingerprint density at radius 2 is 2.00 bits per heavy atom. The maximum Gasteiger partial charge on any atom is 0.262 e. The molecule has 5 heteroatoms. The van der Waals surface area contributed by atoms with Crippen LogP contribution >= 0.6 is 0 Å². The second kappa shape index (κ2) is 8.74. The molecule has 0 saturated heterocycles. The first kappa shape index (κ1) is 17.6. The highest BCUT2D eigenvalue weighted by molar-refractivity contribution is 6.01. The summed E-state index contributed by atoms with van der Waals surface area (Å²) in [5, 5.41) is 20.8. The highest BCUT2D eigenvalue weighted by Gasteiger charge is 2.23. The van der Waals surface area contributed by atoms with Gasteiger partial charge in [0, 0.05) is 6.04 Å². The molecule has 1 aromatic carbocycles. The molecule has 5 nitrogen and oxygen atoms in total. The van der Waals surface area contributed by atoms with Crippen LogP contribution in [0.2, 0.25) is 0 Å². The summed E-state index contributed by atoms with van der Waals surface area (Å²) >= 11 is 0. The molecule has 0 bridgehead atoms. The molecule has 24 heavy (non-hydrogen) atoms. The van der Waals surface area contributed by atoms with Crippen molar-refractivity contribution < 1.29 is 9.53 Å². The molecule has 0 spiro atoms. The van der Waals surface area contributed by atoms with Gasteiger partial charge in [-0.1, -0.05) is 31.9 Å². The van der Waals surface area contributed by atoms with Crippen LogP contribution in [-0.2, 0) is 4.79 Å². The third kappa shape index (κ3) is 4.86. The highest BCUT2D eigenvalue weighted by atomic mass is 16.5. The van der Waals surface area contributed by atoms with Crippen molar-refractivity contribution in [3.05, 3.63) is 35.4 Å². The number of nitriles is 2. The molecular formula is C19H21N3O2. The van der Waals surface area contributed by atoms with E-state index in [2.05, 4.69) is 12.2 Å². The van der Waals surface area contributed by atoms with Crippen molar-refractivity contribution in [2.45, 2.75) is 38.6 Å². The third-order valence-electron chi connectivity index (χ3n) is 4.29. The molecule has 0 aromatic heterocycles. The standard InChI is InChI=1S/C19H21N3O2/c1-14-4-2-3-5-18(14)22-19(23)16(13-21)12-15-6-8-17(9-7-15)24-11-10-20/h6-9,12,14,18H,2-5,11H2,1H3,(H,22,23)/b16-12+/t14-,18-/m0/s1. The molecule has 2 atom stereocenters. The van der Waals surface area contributed by atoms with E-state index in [-0.39, 0.29) is 24.1 Å². The average molecular weight is 323 g/mol. The minimum atomic E-state index is -0.318. The number of nitrogens with zero attached hydrogens (tertiary/aromatic N) is 2. The van der Waals surface area contributed by atoms with Crippen molar-refractivity contribution in [2.24, 2.45) is 5.92 Å². The molecule has 1 aromatic rings. The van der Waals surface area contributed by atoms with E-state index in [0.717, 1.165) is 24.8 Å². The van der Waals surface area contributed by atoms with Crippen LogP contribution in [0.5, 0.6) is 5.75 Å². The van der Waals surface area contributed by atoms with Crippen LogP contribution in [0.25, 0.3) is 6.08 Å². The predicted molar refractivity (Wildman–Crippen MR) is 90.7 cm³/mol. The molecule has 1 N–H and O–H groups in total. The fourth-order valence-electron chi connectivity index (χ4n) is 2.87. The van der Waals surface area contributed by atoms with Crippen LogP contribution < -0.4 is 10.1 Å². The minimum absolute atomic E-state index is 0.0133. The van der Waals surface area contributed by atoms with Gasteiger partial charge in [0.15, 0.2) is 6.61 Å². The van der Waals surface area contributed by atoms with Gasteiger partial charge in [-0.25, -0.2) is 0 Å². The van der Waals surface area contributed by atoms with Gasteiger partial charge in [-0.15, -0.1) is 0 Å². The molecular weight excluding hydrogens is 302 g/mol. The number of carbonyl (C=O) groups is 1. The molecule has 0 unspecified atom stereocenters. The molecule has 1 fully saturated rings. The van der Waals surface area contributed by atoms with Crippen molar-refractivity contribution in [3.8, 4) is 17.9 Å². The van der Waals surface area contributed by atoms with Gasteiger partial charge in [-0.3, -0.25) is 4.79 Å². The van der Waals surface area contributed by atoms with Crippen LogP contribution in [0.1, 0.15) is 38.2 Å². The molecule has 0 aliphatic heterocycles. The number of rotatable bonds is 5. The van der Waals surface area contributed by atoms with Gasteiger partial charge in [-0.05, 0) is 42.5 Å². The lowest BCUT2D eigenvalue weighted by molar-refractivity contribution is -0.118. The second-order valence-corrected chi connectivity index (χ2v) is 6.03. The zero-order valence-corrected chi connectivity index (χ0v) is 13.8. The van der Waals surface area contributed by atoms with E-state index < -0.39 is 0 Å². The van der Waals surface area contributed by atoms with E-state index >= 15 is 0 Å². The van der Waals surface area contributed by atoms with Gasteiger partial charge in [-0.2, -0.15) is 10.5 Å². The van der Waals surface area contributed by atoms with E-state index in [1.807, 2.05) is 12.1 Å². The first-order valence-corrected chi connectivity index (χ1v) is 8.16. The third-order valence-corrected chi connectivity index (χ3v) is 4.29. The Labute approximate surface area is 142 Å². The van der Waals surface area contributed by atoms with Crippen molar-refractivity contribution in [1.29, 1.82) is 10.5 Å². The largest absolute Gasteiger partial charge is 0.479 e. The Balaban J connectivity index is 2.04. The molecule has 1 aliphatic rings. The van der Waals surface area contributed by atoms with Gasteiger partial charge in [0.05, 0.1) is 0 Å². The van der Waals surface area contributed by atoms with E-state index in [0.29, 0.717) is 11.7 Å².